The zero-order valence-corrected chi connectivity index (χ0v) is 19.6. The number of fused-ring (bicyclic) bond motifs is 5. The number of hydrogen-bond donors (Lipinski definition) is 4. The second kappa shape index (κ2) is 8.26. The molecule has 5 aliphatic rings. The van der Waals surface area contributed by atoms with Crippen molar-refractivity contribution in [1.29, 1.82) is 0 Å². The van der Waals surface area contributed by atoms with Crippen LogP contribution >= 0.6 is 0 Å². The van der Waals surface area contributed by atoms with Gasteiger partial charge in [0, 0.05) is 11.8 Å². The number of rotatable bonds is 3. The predicted molar refractivity (Wildman–Crippen MR) is 116 cm³/mol. The Morgan fingerprint density at radius 2 is 1.73 bits per heavy atom. The number of ketones is 1. The molecule has 1 saturated heterocycles. The van der Waals surface area contributed by atoms with Gasteiger partial charge in [-0.1, -0.05) is 13.8 Å². The number of aliphatic carboxylic acids is 1. The minimum Gasteiger partial charge on any atom is -0.479 e. The third-order valence-corrected chi connectivity index (χ3v) is 10.5. The lowest BCUT2D eigenvalue weighted by atomic mass is 9.45. The van der Waals surface area contributed by atoms with E-state index >= 15 is 0 Å². The smallest absolute Gasteiger partial charge is 0.335 e. The Morgan fingerprint density at radius 1 is 0.970 bits per heavy atom. The van der Waals surface area contributed by atoms with Gasteiger partial charge in [-0.3, -0.25) is 4.79 Å². The number of hydrogen-bond acceptors (Lipinski definition) is 7. The van der Waals surface area contributed by atoms with E-state index in [0.717, 1.165) is 57.8 Å². The van der Waals surface area contributed by atoms with Gasteiger partial charge < -0.3 is 29.9 Å². The molecule has 0 aromatic heterocycles. The lowest BCUT2D eigenvalue weighted by Crippen LogP contribution is -2.61. The fourth-order valence-corrected chi connectivity index (χ4v) is 8.47. The highest BCUT2D eigenvalue weighted by molar-refractivity contribution is 5.87. The summed E-state index contributed by atoms with van der Waals surface area (Å²) < 4.78 is 11.4. The first kappa shape index (κ1) is 23.7. The standard InChI is InChI=1S/C25H38O8/c1-24-9-7-13(32-23-20(29)18(27)19(28)21(33-23)22(30)31)11-12(24)3-4-14-15-5-6-17(26)25(15,2)10-8-16(14)24/h12-16,18-21,23,27-29H,3-11H2,1-2H3,(H,30,31)/t12-,13+,14?,15?,16?,18+,19+,20-,21+,23-,24+,25+/m1/s1. The summed E-state index contributed by atoms with van der Waals surface area (Å²) in [6.07, 6.45) is 0.719. The highest BCUT2D eigenvalue weighted by atomic mass is 16.7. The molecule has 4 saturated carbocycles. The van der Waals surface area contributed by atoms with Gasteiger partial charge in [-0.2, -0.15) is 0 Å². The second-order valence-electron chi connectivity index (χ2n) is 11.8. The second-order valence-corrected chi connectivity index (χ2v) is 11.8. The Bertz CT molecular complexity index is 801. The van der Waals surface area contributed by atoms with E-state index < -0.39 is 36.7 Å². The summed E-state index contributed by atoms with van der Waals surface area (Å²) >= 11 is 0. The van der Waals surface area contributed by atoms with Crippen LogP contribution in [0, 0.1) is 34.5 Å². The molecule has 0 amide bonds. The van der Waals surface area contributed by atoms with E-state index in [9.17, 15) is 30.0 Å². The van der Waals surface area contributed by atoms with Crippen molar-refractivity contribution in [3.63, 3.8) is 0 Å². The van der Waals surface area contributed by atoms with Gasteiger partial charge in [0.2, 0.25) is 0 Å². The van der Waals surface area contributed by atoms with Gasteiger partial charge in [-0.05, 0) is 80.5 Å². The van der Waals surface area contributed by atoms with E-state index in [2.05, 4.69) is 13.8 Å². The average Bonchev–Trinajstić information content (AvgIpc) is 3.08. The highest BCUT2D eigenvalue weighted by Crippen LogP contribution is 2.65. The first-order valence-electron chi connectivity index (χ1n) is 12.7. The van der Waals surface area contributed by atoms with Gasteiger partial charge in [-0.25, -0.2) is 4.79 Å². The minimum absolute atomic E-state index is 0.120. The zero-order valence-electron chi connectivity index (χ0n) is 19.6. The number of carbonyl (C=O) groups excluding carboxylic acids is 1. The average molecular weight is 467 g/mol. The maximum atomic E-state index is 12.6. The van der Waals surface area contributed by atoms with Crippen LogP contribution in [0.2, 0.25) is 0 Å². The molecule has 4 N–H and O–H groups in total. The van der Waals surface area contributed by atoms with E-state index in [0.29, 0.717) is 29.5 Å². The van der Waals surface area contributed by atoms with Crippen molar-refractivity contribution in [1.82, 2.24) is 0 Å². The van der Waals surface area contributed by atoms with Crippen LogP contribution in [0.3, 0.4) is 0 Å². The van der Waals surface area contributed by atoms with Gasteiger partial charge in [-0.15, -0.1) is 0 Å². The van der Waals surface area contributed by atoms with Crippen LogP contribution in [-0.2, 0) is 19.1 Å². The van der Waals surface area contributed by atoms with Crippen LogP contribution in [0.5, 0.6) is 0 Å². The summed E-state index contributed by atoms with van der Waals surface area (Å²) in [6.45, 7) is 4.62. The largest absolute Gasteiger partial charge is 0.479 e. The number of carboxylic acids is 1. The molecule has 3 unspecified atom stereocenters. The Kier molecular flexibility index (Phi) is 5.93. The topological polar surface area (TPSA) is 134 Å². The van der Waals surface area contributed by atoms with Gasteiger partial charge in [0.05, 0.1) is 6.10 Å². The first-order chi connectivity index (χ1) is 15.6. The van der Waals surface area contributed by atoms with Crippen LogP contribution in [-0.4, -0.2) is 69.0 Å². The predicted octanol–water partition coefficient (Wildman–Crippen LogP) is 1.88. The van der Waals surface area contributed by atoms with E-state index in [-0.39, 0.29) is 16.9 Å². The van der Waals surface area contributed by atoms with Crippen molar-refractivity contribution in [2.75, 3.05) is 0 Å². The molecule has 0 radical (unpaired) electrons. The van der Waals surface area contributed by atoms with E-state index in [1.54, 1.807) is 0 Å². The molecule has 5 fully saturated rings. The molecule has 0 spiro atoms. The van der Waals surface area contributed by atoms with Crippen LogP contribution in [0.25, 0.3) is 0 Å². The van der Waals surface area contributed by atoms with E-state index in [4.69, 9.17) is 9.47 Å². The van der Waals surface area contributed by atoms with Crippen molar-refractivity contribution < 1.29 is 39.5 Å². The maximum absolute atomic E-state index is 12.6. The van der Waals surface area contributed by atoms with Crippen LogP contribution in [0.4, 0.5) is 0 Å². The molecule has 4 aliphatic carbocycles. The number of ether oxygens (including phenoxy) is 2. The number of carboxylic acid groups (broad SMARTS) is 1. The first-order valence-corrected chi connectivity index (χ1v) is 12.7. The number of aliphatic hydroxyl groups excluding tert-OH is 3. The van der Waals surface area contributed by atoms with Crippen LogP contribution in [0.1, 0.15) is 71.6 Å². The third-order valence-electron chi connectivity index (χ3n) is 10.5. The zero-order chi connectivity index (χ0) is 23.7. The molecular formula is C25H38O8. The summed E-state index contributed by atoms with van der Waals surface area (Å²) in [4.78, 5) is 24.0. The quantitative estimate of drug-likeness (QED) is 0.463. The lowest BCUT2D eigenvalue weighted by molar-refractivity contribution is -0.309. The Balaban J connectivity index is 1.26. The van der Waals surface area contributed by atoms with Gasteiger partial charge in [0.15, 0.2) is 12.4 Å². The fourth-order valence-electron chi connectivity index (χ4n) is 8.47. The summed E-state index contributed by atoms with van der Waals surface area (Å²) in [6, 6.07) is 0. The molecule has 1 aliphatic heterocycles. The van der Waals surface area contributed by atoms with Gasteiger partial charge in [0.25, 0.3) is 0 Å². The molecule has 8 nitrogen and oxygen atoms in total. The summed E-state index contributed by atoms with van der Waals surface area (Å²) in [5.41, 5.74) is 0.0757. The van der Waals surface area contributed by atoms with Gasteiger partial charge in [0.1, 0.15) is 24.1 Å². The van der Waals surface area contributed by atoms with Crippen molar-refractivity contribution in [2.45, 2.75) is 108 Å². The number of carbonyl (C=O) groups is 2. The highest BCUT2D eigenvalue weighted by Gasteiger charge is 2.60. The lowest BCUT2D eigenvalue weighted by Gasteiger charge is -2.60. The molecule has 0 bridgehead atoms. The van der Waals surface area contributed by atoms with Crippen molar-refractivity contribution in [3.05, 3.63) is 0 Å². The third kappa shape index (κ3) is 3.59. The molecule has 33 heavy (non-hydrogen) atoms. The van der Waals surface area contributed by atoms with Crippen LogP contribution in [0.15, 0.2) is 0 Å². The molecule has 0 aromatic rings. The summed E-state index contributed by atoms with van der Waals surface area (Å²) in [5, 5.41) is 39.6. The van der Waals surface area contributed by atoms with Crippen molar-refractivity contribution in [2.24, 2.45) is 34.5 Å². The van der Waals surface area contributed by atoms with Gasteiger partial charge >= 0.3 is 5.97 Å². The summed E-state index contributed by atoms with van der Waals surface area (Å²) in [5.74, 6) is 1.28. The number of aliphatic hydroxyl groups is 3. The molecule has 0 aromatic carbocycles. The molecule has 5 rings (SSSR count). The normalized spacial score (nSPS) is 54.3. The Morgan fingerprint density at radius 3 is 2.45 bits per heavy atom. The molecule has 186 valence electrons. The molecule has 12 atom stereocenters. The molecule has 1 heterocycles. The Hall–Kier alpha value is -1.06. The van der Waals surface area contributed by atoms with Crippen molar-refractivity contribution in [3.8, 4) is 0 Å². The van der Waals surface area contributed by atoms with Crippen LogP contribution < -0.4 is 0 Å². The van der Waals surface area contributed by atoms with E-state index in [1.807, 2.05) is 0 Å². The number of Topliss-reactive ketones (excluding diaryl/α,β-unsaturated/α-hetero) is 1. The molecule has 8 heteroatoms. The Labute approximate surface area is 194 Å². The van der Waals surface area contributed by atoms with E-state index in [1.165, 1.54) is 0 Å². The maximum Gasteiger partial charge on any atom is 0.335 e. The fraction of sp³-hybridized carbons (Fsp3) is 0.920. The van der Waals surface area contributed by atoms with Crippen molar-refractivity contribution >= 4 is 11.8 Å². The monoisotopic (exact) mass is 466 g/mol. The molecular weight excluding hydrogens is 428 g/mol. The summed E-state index contributed by atoms with van der Waals surface area (Å²) in [7, 11) is 0. The minimum atomic E-state index is -1.71. The SMILES string of the molecule is C[C@]12CCC3C(CC[C@@H]4C[C@@H](O[C@@H]5O[C@H](C(=O)O)[C@@H](O)[C@H](O)[C@H]5O)CC[C@]34C)C1CCC2=O.